The summed E-state index contributed by atoms with van der Waals surface area (Å²) in [7, 11) is 0. The van der Waals surface area contributed by atoms with E-state index in [1.807, 2.05) is 60.7 Å². The number of rotatable bonds is 3. The molecule has 1 heteroatoms. The van der Waals surface area contributed by atoms with Crippen LogP contribution in [0.3, 0.4) is 0 Å². The zero-order valence-corrected chi connectivity index (χ0v) is 23.9. The summed E-state index contributed by atoms with van der Waals surface area (Å²) in [6.07, 6.45) is 0. The van der Waals surface area contributed by atoms with Crippen molar-refractivity contribution in [1.82, 2.24) is 0 Å². The van der Waals surface area contributed by atoms with Gasteiger partial charge < -0.3 is 4.42 Å². The van der Waals surface area contributed by atoms with Crippen molar-refractivity contribution in [3.8, 4) is 33.4 Å². The molecule has 9 aromatic carbocycles. The molecule has 0 radical (unpaired) electrons. The molecule has 0 N–H and O–H groups in total. The van der Waals surface area contributed by atoms with Gasteiger partial charge in [0.15, 0.2) is 0 Å². The first kappa shape index (κ1) is 18.7. The van der Waals surface area contributed by atoms with E-state index in [0.717, 1.165) is 76.5 Å². The molecular weight excluding hydrogens is 544 g/mol. The molecule has 0 atom stereocenters. The van der Waals surface area contributed by atoms with Gasteiger partial charge in [0.2, 0.25) is 0 Å². The monoisotopic (exact) mass is 577 g/mol. The molecule has 10 aromatic rings. The Balaban J connectivity index is 1.32. The summed E-state index contributed by atoms with van der Waals surface area (Å²) >= 11 is 0. The number of para-hydroxylation sites is 1. The van der Waals surface area contributed by atoms with Crippen LogP contribution < -0.4 is 0 Å². The van der Waals surface area contributed by atoms with Crippen LogP contribution in [0.5, 0.6) is 0 Å². The number of furan rings is 1. The molecule has 0 amide bonds. The van der Waals surface area contributed by atoms with Gasteiger partial charge in [-0.2, -0.15) is 0 Å². The Kier molecular flexibility index (Phi) is 3.86. The summed E-state index contributed by atoms with van der Waals surface area (Å²) in [6, 6.07) is 36.5. The third kappa shape index (κ3) is 3.56. The molecule has 0 saturated carbocycles. The zero-order valence-electron chi connectivity index (χ0n) is 30.9. The molecule has 0 spiro atoms. The molecule has 1 aromatic heterocycles. The Labute approximate surface area is 269 Å². The Morgan fingerprint density at radius 1 is 0.378 bits per heavy atom. The summed E-state index contributed by atoms with van der Waals surface area (Å²) < 4.78 is 67.1. The summed E-state index contributed by atoms with van der Waals surface area (Å²) in [4.78, 5) is 0. The summed E-state index contributed by atoms with van der Waals surface area (Å²) in [5.41, 5.74) is 6.62. The Hall–Kier alpha value is -5.92. The Bertz CT molecular complexity index is 3140. The molecule has 0 aliphatic heterocycles. The third-order valence-electron chi connectivity index (χ3n) is 9.12. The van der Waals surface area contributed by atoms with E-state index in [-0.39, 0.29) is 46.5 Å². The van der Waals surface area contributed by atoms with Crippen molar-refractivity contribution in [2.24, 2.45) is 0 Å². The molecule has 0 bridgehead atoms. The molecule has 0 unspecified atom stereocenters. The number of fused-ring (bicyclic) bond motifs is 4. The van der Waals surface area contributed by atoms with E-state index in [2.05, 4.69) is 54.6 Å². The van der Waals surface area contributed by atoms with Gasteiger partial charge in [0.05, 0.1) is 9.60 Å². The lowest BCUT2D eigenvalue weighted by atomic mass is 9.85. The summed E-state index contributed by atoms with van der Waals surface area (Å²) in [6.45, 7) is 0. The molecule has 0 saturated heterocycles. The zero-order chi connectivity index (χ0) is 35.6. The number of hydrogen-bond donors (Lipinski definition) is 0. The average molecular weight is 578 g/mol. The lowest BCUT2D eigenvalue weighted by Gasteiger charge is -2.18. The molecule has 208 valence electrons. The minimum Gasteiger partial charge on any atom is -0.456 e. The van der Waals surface area contributed by atoms with Crippen LogP contribution in [0.4, 0.5) is 0 Å². The first-order valence-electron chi connectivity index (χ1n) is 18.4. The van der Waals surface area contributed by atoms with E-state index in [1.54, 1.807) is 0 Å². The predicted octanol–water partition coefficient (Wildman–Crippen LogP) is 12.6. The molecular formula is C44H26O. The van der Waals surface area contributed by atoms with Gasteiger partial charge in [0, 0.05) is 10.8 Å². The SMILES string of the molecule is [2H]c1c([2H])c([2H])c2c(-c3ccc4ccc5c(-c6cc(-c7ccccc7)cc7oc8ccccc8c67)ccc6ccc3c4c65)c([2H])c([2H])c([2H])c2c1[2H]. The fraction of sp³-hybridized carbons (Fsp3) is 0. The van der Waals surface area contributed by atoms with E-state index < -0.39 is 12.1 Å². The van der Waals surface area contributed by atoms with Crippen molar-refractivity contribution in [2.45, 2.75) is 0 Å². The van der Waals surface area contributed by atoms with Crippen LogP contribution in [0, 0.1) is 0 Å². The van der Waals surface area contributed by atoms with E-state index in [0.29, 0.717) is 5.56 Å². The number of benzene rings is 9. The van der Waals surface area contributed by atoms with E-state index in [9.17, 15) is 0 Å². The first-order chi connectivity index (χ1) is 25.2. The van der Waals surface area contributed by atoms with Crippen molar-refractivity contribution < 1.29 is 14.0 Å². The van der Waals surface area contributed by atoms with Crippen molar-refractivity contribution in [1.29, 1.82) is 0 Å². The summed E-state index contributed by atoms with van der Waals surface area (Å²) in [5, 5.41) is 7.91. The van der Waals surface area contributed by atoms with Crippen molar-refractivity contribution in [2.75, 3.05) is 0 Å². The fourth-order valence-corrected chi connectivity index (χ4v) is 7.13. The van der Waals surface area contributed by atoms with Crippen LogP contribution in [-0.2, 0) is 0 Å². The topological polar surface area (TPSA) is 13.1 Å². The predicted molar refractivity (Wildman–Crippen MR) is 191 cm³/mol. The second-order valence-electron chi connectivity index (χ2n) is 11.5. The van der Waals surface area contributed by atoms with Crippen LogP contribution in [0.15, 0.2) is 162 Å². The lowest BCUT2D eigenvalue weighted by Crippen LogP contribution is -1.91. The molecule has 0 fully saturated rings. The third-order valence-corrected chi connectivity index (χ3v) is 9.12. The van der Waals surface area contributed by atoms with Crippen molar-refractivity contribution in [3.63, 3.8) is 0 Å². The molecule has 0 aliphatic carbocycles. The maximum atomic E-state index is 9.08. The van der Waals surface area contributed by atoms with Gasteiger partial charge in [-0.05, 0) is 94.7 Å². The minimum atomic E-state index is -0.465. The maximum absolute atomic E-state index is 9.08. The lowest BCUT2D eigenvalue weighted by molar-refractivity contribution is 0.669. The second-order valence-corrected chi connectivity index (χ2v) is 11.5. The highest BCUT2D eigenvalue weighted by atomic mass is 16.3. The van der Waals surface area contributed by atoms with Gasteiger partial charge >= 0.3 is 0 Å². The molecule has 0 aliphatic rings. The normalized spacial score (nSPS) is 14.2. The largest absolute Gasteiger partial charge is 0.456 e. The van der Waals surface area contributed by atoms with Gasteiger partial charge in [0.25, 0.3) is 0 Å². The highest BCUT2D eigenvalue weighted by Gasteiger charge is 2.20. The highest BCUT2D eigenvalue weighted by Crippen LogP contribution is 2.46. The van der Waals surface area contributed by atoms with Crippen LogP contribution in [0.25, 0.3) is 98.4 Å². The molecule has 1 heterocycles. The first-order valence-corrected chi connectivity index (χ1v) is 14.9. The standard InChI is InChI=1S/C44H26O/c1-2-9-27(10-3-1)31-25-39(44-38-14-6-7-16-40(38)45-41(44)26-31)35-22-18-30-19-23-36-34(21-17-29-20-24-37(35)43(30)42(29)36)33-15-8-12-28-11-4-5-13-32(28)33/h1-26H/i4D,5D,8D,11D,12D,13D,15D. The van der Waals surface area contributed by atoms with Crippen molar-refractivity contribution >= 4 is 65.0 Å². The van der Waals surface area contributed by atoms with Crippen LogP contribution in [0.1, 0.15) is 9.60 Å². The second kappa shape index (κ2) is 9.29. The maximum Gasteiger partial charge on any atom is 0.136 e. The van der Waals surface area contributed by atoms with Gasteiger partial charge in [-0.15, -0.1) is 0 Å². The van der Waals surface area contributed by atoms with Gasteiger partial charge in [-0.1, -0.05) is 139 Å². The Morgan fingerprint density at radius 2 is 1.04 bits per heavy atom. The number of hydrogen-bond acceptors (Lipinski definition) is 1. The quantitative estimate of drug-likeness (QED) is 0.190. The van der Waals surface area contributed by atoms with Crippen LogP contribution >= 0.6 is 0 Å². The van der Waals surface area contributed by atoms with E-state index in [1.165, 1.54) is 0 Å². The average Bonchev–Trinajstić information content (AvgIpc) is 3.56. The van der Waals surface area contributed by atoms with Gasteiger partial charge in [-0.25, -0.2) is 0 Å². The van der Waals surface area contributed by atoms with E-state index in [4.69, 9.17) is 14.0 Å². The highest BCUT2D eigenvalue weighted by molar-refractivity contribution is 6.29. The fourth-order valence-electron chi connectivity index (χ4n) is 7.13. The van der Waals surface area contributed by atoms with Gasteiger partial charge in [0.1, 0.15) is 11.2 Å². The molecule has 1 nitrogen and oxygen atoms in total. The van der Waals surface area contributed by atoms with E-state index >= 15 is 0 Å². The molecule has 45 heavy (non-hydrogen) atoms. The van der Waals surface area contributed by atoms with Crippen molar-refractivity contribution in [3.05, 3.63) is 158 Å². The van der Waals surface area contributed by atoms with Crippen LogP contribution in [-0.4, -0.2) is 0 Å². The van der Waals surface area contributed by atoms with Crippen LogP contribution in [0.2, 0.25) is 0 Å². The summed E-state index contributed by atoms with van der Waals surface area (Å²) in [5.74, 6) is 0. The Morgan fingerprint density at radius 3 is 1.84 bits per heavy atom. The van der Waals surface area contributed by atoms with Gasteiger partial charge in [-0.3, -0.25) is 0 Å². The molecule has 10 rings (SSSR count). The smallest absolute Gasteiger partial charge is 0.136 e. The minimum absolute atomic E-state index is 0.0513.